The van der Waals surface area contributed by atoms with Gasteiger partial charge in [0, 0.05) is 0 Å². The predicted octanol–water partition coefficient (Wildman–Crippen LogP) is 4.73. The van der Waals surface area contributed by atoms with Crippen molar-refractivity contribution in [1.29, 1.82) is 0 Å². The molecule has 7 heteroatoms. The minimum atomic E-state index is -1.82. The Morgan fingerprint density at radius 1 is 1.00 bits per heavy atom. The number of benzene rings is 2. The van der Waals surface area contributed by atoms with Crippen molar-refractivity contribution in [1.82, 2.24) is 0 Å². The van der Waals surface area contributed by atoms with Gasteiger partial charge in [-0.2, -0.15) is 0 Å². The molecule has 0 unspecified atom stereocenters. The van der Waals surface area contributed by atoms with E-state index in [0.29, 0.717) is 17.1 Å². The average molecular weight is 390 g/mol. The molecule has 0 saturated carbocycles. The van der Waals surface area contributed by atoms with E-state index in [2.05, 4.69) is 0 Å². The molecule has 0 aliphatic rings. The van der Waals surface area contributed by atoms with Crippen LogP contribution in [0.15, 0.2) is 54.6 Å². The minimum Gasteiger partial charge on any atom is -0.497 e. The first-order chi connectivity index (χ1) is 11.4. The third kappa shape index (κ3) is 5.48. The molecule has 0 aliphatic heterocycles. The van der Waals surface area contributed by atoms with Crippen molar-refractivity contribution in [2.75, 3.05) is 13.7 Å². The molecule has 0 aliphatic carbocycles. The fourth-order valence-corrected chi connectivity index (χ4v) is 2.44. The molecule has 0 radical (unpaired) electrons. The molecule has 0 N–H and O–H groups in total. The second-order valence-corrected chi connectivity index (χ2v) is 7.16. The van der Waals surface area contributed by atoms with E-state index in [9.17, 15) is 4.79 Å². The average Bonchev–Trinajstić information content (AvgIpc) is 2.58. The summed E-state index contributed by atoms with van der Waals surface area (Å²) in [4.78, 5) is 12.0. The third-order valence-corrected chi connectivity index (χ3v) is 3.66. The highest BCUT2D eigenvalue weighted by atomic mass is 35.6. The van der Waals surface area contributed by atoms with Gasteiger partial charge in [-0.25, -0.2) is 4.79 Å². The normalized spacial score (nSPS) is 12.3. The molecule has 24 heavy (non-hydrogen) atoms. The molecular formula is C17H15Cl3O4. The van der Waals surface area contributed by atoms with Crippen molar-refractivity contribution < 1.29 is 19.0 Å². The number of rotatable bonds is 6. The Hall–Kier alpha value is -1.62. The number of hydrogen-bond acceptors (Lipinski definition) is 4. The summed E-state index contributed by atoms with van der Waals surface area (Å²) in [6, 6.07) is 15.6. The van der Waals surface area contributed by atoms with Crippen LogP contribution < -0.4 is 9.47 Å². The standard InChI is InChI=1S/C17H15Cl3O4/c1-22-13-9-7-12(8-10-13)16(17(18,19)20)24-15(21)11-23-14-5-3-2-4-6-14/h2-10,16H,11H2,1H3/t16-/m1/s1. The Morgan fingerprint density at radius 2 is 1.62 bits per heavy atom. The number of para-hydroxylation sites is 1. The molecular weight excluding hydrogens is 375 g/mol. The number of methoxy groups -OCH3 is 1. The summed E-state index contributed by atoms with van der Waals surface area (Å²) < 4.78 is 13.9. The van der Waals surface area contributed by atoms with Crippen LogP contribution in [0.4, 0.5) is 0 Å². The van der Waals surface area contributed by atoms with Crippen molar-refractivity contribution >= 4 is 40.8 Å². The molecule has 0 fully saturated rings. The number of halogens is 3. The summed E-state index contributed by atoms with van der Waals surface area (Å²) >= 11 is 17.9. The van der Waals surface area contributed by atoms with Gasteiger partial charge < -0.3 is 14.2 Å². The smallest absolute Gasteiger partial charge is 0.344 e. The van der Waals surface area contributed by atoms with Crippen LogP contribution in [0.5, 0.6) is 11.5 Å². The molecule has 2 aromatic carbocycles. The van der Waals surface area contributed by atoms with Gasteiger partial charge in [0.05, 0.1) is 7.11 Å². The van der Waals surface area contributed by atoms with Crippen LogP contribution in [0.2, 0.25) is 0 Å². The van der Waals surface area contributed by atoms with E-state index in [4.69, 9.17) is 49.0 Å². The molecule has 0 aromatic heterocycles. The fourth-order valence-electron chi connectivity index (χ4n) is 1.93. The molecule has 1 atom stereocenters. The van der Waals surface area contributed by atoms with E-state index in [1.54, 1.807) is 55.6 Å². The van der Waals surface area contributed by atoms with Crippen LogP contribution in [-0.2, 0) is 9.53 Å². The van der Waals surface area contributed by atoms with Gasteiger partial charge in [-0.1, -0.05) is 65.1 Å². The molecule has 0 amide bonds. The lowest BCUT2D eigenvalue weighted by molar-refractivity contribution is -0.151. The van der Waals surface area contributed by atoms with Gasteiger partial charge in [0.15, 0.2) is 12.7 Å². The summed E-state index contributed by atoms with van der Waals surface area (Å²) in [5.74, 6) is 0.538. The van der Waals surface area contributed by atoms with E-state index in [1.165, 1.54) is 0 Å². The van der Waals surface area contributed by atoms with Crippen LogP contribution in [-0.4, -0.2) is 23.5 Å². The minimum absolute atomic E-state index is 0.294. The number of alkyl halides is 3. The topological polar surface area (TPSA) is 44.8 Å². The van der Waals surface area contributed by atoms with Gasteiger partial charge >= 0.3 is 5.97 Å². The van der Waals surface area contributed by atoms with Crippen molar-refractivity contribution in [3.63, 3.8) is 0 Å². The maximum absolute atomic E-state index is 12.0. The Morgan fingerprint density at radius 3 is 2.17 bits per heavy atom. The Bertz CT molecular complexity index is 654. The van der Waals surface area contributed by atoms with E-state index in [1.807, 2.05) is 6.07 Å². The SMILES string of the molecule is COc1ccc([C@@H](OC(=O)COc2ccccc2)C(Cl)(Cl)Cl)cc1. The zero-order valence-corrected chi connectivity index (χ0v) is 15.0. The van der Waals surface area contributed by atoms with Crippen molar-refractivity contribution in [3.8, 4) is 11.5 Å². The van der Waals surface area contributed by atoms with Gasteiger partial charge in [0.1, 0.15) is 11.5 Å². The van der Waals surface area contributed by atoms with Crippen molar-refractivity contribution in [2.45, 2.75) is 9.90 Å². The van der Waals surface area contributed by atoms with Gasteiger partial charge in [-0.15, -0.1) is 0 Å². The first-order valence-corrected chi connectivity index (χ1v) is 8.11. The molecule has 0 bridgehead atoms. The predicted molar refractivity (Wildman–Crippen MR) is 94.1 cm³/mol. The summed E-state index contributed by atoms with van der Waals surface area (Å²) in [6.45, 7) is -0.294. The van der Waals surface area contributed by atoms with Crippen molar-refractivity contribution in [3.05, 3.63) is 60.2 Å². The van der Waals surface area contributed by atoms with Crippen LogP contribution in [0.3, 0.4) is 0 Å². The quantitative estimate of drug-likeness (QED) is 0.529. The number of carbonyl (C=O) groups excluding carboxylic acids is 1. The number of hydrogen-bond donors (Lipinski definition) is 0. The third-order valence-electron chi connectivity index (χ3n) is 3.07. The molecule has 2 aromatic rings. The Kier molecular flexibility index (Phi) is 6.60. The molecule has 0 saturated heterocycles. The number of ether oxygens (including phenoxy) is 3. The molecule has 0 spiro atoms. The van der Waals surface area contributed by atoms with Crippen LogP contribution in [0.1, 0.15) is 11.7 Å². The zero-order valence-electron chi connectivity index (χ0n) is 12.7. The highest BCUT2D eigenvalue weighted by molar-refractivity contribution is 6.68. The zero-order chi connectivity index (χ0) is 17.6. The van der Waals surface area contributed by atoms with Gasteiger partial charge in [-0.3, -0.25) is 0 Å². The maximum Gasteiger partial charge on any atom is 0.344 e. The lowest BCUT2D eigenvalue weighted by Gasteiger charge is -2.25. The molecule has 4 nitrogen and oxygen atoms in total. The van der Waals surface area contributed by atoms with E-state index in [0.717, 1.165) is 0 Å². The van der Waals surface area contributed by atoms with Crippen LogP contribution in [0, 0.1) is 0 Å². The summed E-state index contributed by atoms with van der Waals surface area (Å²) in [7, 11) is 1.54. The number of esters is 1. The second-order valence-electron chi connectivity index (χ2n) is 4.79. The monoisotopic (exact) mass is 388 g/mol. The second kappa shape index (κ2) is 8.47. The Labute approximate surface area is 155 Å². The molecule has 2 rings (SSSR count). The molecule has 128 valence electrons. The lowest BCUT2D eigenvalue weighted by atomic mass is 10.1. The van der Waals surface area contributed by atoms with Crippen LogP contribution >= 0.6 is 34.8 Å². The van der Waals surface area contributed by atoms with Gasteiger partial charge in [-0.05, 0) is 29.8 Å². The van der Waals surface area contributed by atoms with E-state index in [-0.39, 0.29) is 6.61 Å². The number of carbonyl (C=O) groups is 1. The molecule has 0 heterocycles. The van der Waals surface area contributed by atoms with E-state index < -0.39 is 15.9 Å². The summed E-state index contributed by atoms with van der Waals surface area (Å²) in [6.07, 6.45) is -1.07. The highest BCUT2D eigenvalue weighted by Gasteiger charge is 2.37. The first-order valence-electron chi connectivity index (χ1n) is 6.98. The largest absolute Gasteiger partial charge is 0.497 e. The first kappa shape index (κ1) is 18.7. The summed E-state index contributed by atoms with van der Waals surface area (Å²) in [5.41, 5.74) is 0.531. The lowest BCUT2D eigenvalue weighted by Crippen LogP contribution is -2.26. The summed E-state index contributed by atoms with van der Waals surface area (Å²) in [5, 5.41) is 0. The van der Waals surface area contributed by atoms with Crippen molar-refractivity contribution in [2.24, 2.45) is 0 Å². The highest BCUT2D eigenvalue weighted by Crippen LogP contribution is 2.42. The van der Waals surface area contributed by atoms with Gasteiger partial charge in [0.2, 0.25) is 3.79 Å². The maximum atomic E-state index is 12.0. The Balaban J connectivity index is 2.04. The fraction of sp³-hybridized carbons (Fsp3) is 0.235. The van der Waals surface area contributed by atoms with Gasteiger partial charge in [0.25, 0.3) is 0 Å². The van der Waals surface area contributed by atoms with E-state index >= 15 is 0 Å². The van der Waals surface area contributed by atoms with Crippen LogP contribution in [0.25, 0.3) is 0 Å².